The van der Waals surface area contributed by atoms with Crippen molar-refractivity contribution in [1.82, 2.24) is 9.13 Å². The van der Waals surface area contributed by atoms with E-state index < -0.39 is 0 Å². The van der Waals surface area contributed by atoms with Crippen molar-refractivity contribution in [3.8, 4) is 22.5 Å². The van der Waals surface area contributed by atoms with Crippen LogP contribution in [-0.2, 0) is 0 Å². The molecular weight excluding hydrogens is 548 g/mol. The number of aromatic nitrogens is 2. The molecule has 0 saturated carbocycles. The van der Waals surface area contributed by atoms with Gasteiger partial charge in [0.15, 0.2) is 0 Å². The maximum Gasteiger partial charge on any atom is 0.143 e. The second kappa shape index (κ2) is 9.22. The summed E-state index contributed by atoms with van der Waals surface area (Å²) >= 11 is 0. The third-order valence-corrected chi connectivity index (χ3v) is 9.30. The van der Waals surface area contributed by atoms with Gasteiger partial charge in [0.05, 0.1) is 22.1 Å². The molecule has 0 saturated heterocycles. The Morgan fingerprint density at radius 3 is 1.58 bits per heavy atom. The van der Waals surface area contributed by atoms with Gasteiger partial charge in [-0.05, 0) is 66.2 Å². The molecule has 0 atom stereocenters. The maximum absolute atomic E-state index is 6.64. The van der Waals surface area contributed by atoms with Crippen molar-refractivity contribution in [3.63, 3.8) is 0 Å². The molecule has 0 N–H and O–H groups in total. The summed E-state index contributed by atoms with van der Waals surface area (Å²) in [4.78, 5) is 0. The van der Waals surface area contributed by atoms with E-state index in [0.717, 1.165) is 44.4 Å². The number of para-hydroxylation sites is 5. The van der Waals surface area contributed by atoms with Gasteiger partial charge in [-0.15, -0.1) is 0 Å². The summed E-state index contributed by atoms with van der Waals surface area (Å²) in [5.41, 5.74) is 11.1. The van der Waals surface area contributed by atoms with E-state index >= 15 is 0 Å². The normalized spacial score (nSPS) is 12.0. The first-order chi connectivity index (χ1) is 22.3. The second-order valence-corrected chi connectivity index (χ2v) is 11.8. The van der Waals surface area contributed by atoms with Gasteiger partial charge in [-0.2, -0.15) is 0 Å². The van der Waals surface area contributed by atoms with Crippen LogP contribution in [0.25, 0.3) is 88.1 Å². The van der Waals surface area contributed by atoms with Crippen LogP contribution in [0.3, 0.4) is 0 Å². The number of hydrogen-bond donors (Lipinski definition) is 0. The minimum absolute atomic E-state index is 0.898. The predicted octanol–water partition coefficient (Wildman–Crippen LogP) is 11.4. The van der Waals surface area contributed by atoms with Gasteiger partial charge in [-0.3, -0.25) is 0 Å². The highest BCUT2D eigenvalue weighted by Crippen LogP contribution is 2.42. The molecule has 3 heteroatoms. The van der Waals surface area contributed by atoms with Crippen LogP contribution in [-0.4, -0.2) is 9.13 Å². The summed E-state index contributed by atoms with van der Waals surface area (Å²) in [6, 6.07) is 56.5. The van der Waals surface area contributed by atoms with E-state index in [2.05, 4.69) is 161 Å². The van der Waals surface area contributed by atoms with E-state index in [1.165, 1.54) is 43.6 Å². The Morgan fingerprint density at radius 1 is 0.356 bits per heavy atom. The summed E-state index contributed by atoms with van der Waals surface area (Å²) in [7, 11) is 0. The molecule has 210 valence electrons. The summed E-state index contributed by atoms with van der Waals surface area (Å²) in [5.74, 6) is 0. The van der Waals surface area contributed by atoms with Crippen molar-refractivity contribution in [1.29, 1.82) is 0 Å². The van der Waals surface area contributed by atoms with Crippen molar-refractivity contribution >= 4 is 65.6 Å². The summed E-state index contributed by atoms with van der Waals surface area (Å²) in [5, 5.41) is 7.20. The van der Waals surface area contributed by atoms with Gasteiger partial charge in [0.2, 0.25) is 0 Å². The average Bonchev–Trinajstić information content (AvgIpc) is 3.76. The molecule has 7 aromatic carbocycles. The lowest BCUT2D eigenvalue weighted by Gasteiger charge is -2.12. The molecule has 0 unspecified atom stereocenters. The lowest BCUT2D eigenvalue weighted by atomic mass is 9.99. The van der Waals surface area contributed by atoms with Gasteiger partial charge in [-0.1, -0.05) is 97.1 Å². The number of rotatable bonds is 3. The van der Waals surface area contributed by atoms with Crippen LogP contribution in [0.4, 0.5) is 0 Å². The van der Waals surface area contributed by atoms with E-state index in [0.29, 0.717) is 0 Å². The lowest BCUT2D eigenvalue weighted by molar-refractivity contribution is 0.670. The summed E-state index contributed by atoms with van der Waals surface area (Å²) in [6.07, 6.45) is 0. The Labute approximate surface area is 258 Å². The van der Waals surface area contributed by atoms with Gasteiger partial charge in [0, 0.05) is 49.3 Å². The Morgan fingerprint density at radius 2 is 0.889 bits per heavy atom. The van der Waals surface area contributed by atoms with Crippen LogP contribution in [0.2, 0.25) is 0 Å². The highest BCUT2D eigenvalue weighted by atomic mass is 16.3. The fourth-order valence-corrected chi connectivity index (χ4v) is 7.35. The molecule has 0 aliphatic carbocycles. The predicted molar refractivity (Wildman–Crippen MR) is 188 cm³/mol. The minimum Gasteiger partial charge on any atom is -0.455 e. The average molecular weight is 575 g/mol. The van der Waals surface area contributed by atoms with Gasteiger partial charge in [-0.25, -0.2) is 0 Å². The van der Waals surface area contributed by atoms with Crippen molar-refractivity contribution in [2.24, 2.45) is 0 Å². The van der Waals surface area contributed by atoms with Crippen molar-refractivity contribution in [3.05, 3.63) is 158 Å². The maximum atomic E-state index is 6.64. The van der Waals surface area contributed by atoms with Gasteiger partial charge >= 0.3 is 0 Å². The molecular formula is C42H26N2O. The quantitative estimate of drug-likeness (QED) is 0.206. The lowest BCUT2D eigenvalue weighted by Crippen LogP contribution is -1.95. The zero-order valence-electron chi connectivity index (χ0n) is 24.3. The first-order valence-electron chi connectivity index (χ1n) is 15.4. The zero-order valence-corrected chi connectivity index (χ0v) is 24.3. The first kappa shape index (κ1) is 24.4. The van der Waals surface area contributed by atoms with Crippen LogP contribution in [0.15, 0.2) is 162 Å². The molecule has 0 amide bonds. The fraction of sp³-hybridized carbons (Fsp3) is 0. The van der Waals surface area contributed by atoms with E-state index in [-0.39, 0.29) is 0 Å². The summed E-state index contributed by atoms with van der Waals surface area (Å²) in [6.45, 7) is 0. The molecule has 10 aromatic rings. The smallest absolute Gasteiger partial charge is 0.143 e. The van der Waals surface area contributed by atoms with Gasteiger partial charge in [0.25, 0.3) is 0 Å². The standard InChI is InChI=1S/C42H26N2O/c1-2-12-28(13-3-1)43-39-20-10-6-16-32(39)35-24-27(22-23-40(35)43)34-25-29(26-36-33-17-7-11-21-41(33)45-42(34)36)44-37-18-8-4-14-30(37)31-15-5-9-19-38(31)44/h1-26H. The highest BCUT2D eigenvalue weighted by Gasteiger charge is 2.19. The Hall–Kier alpha value is -6.06. The topological polar surface area (TPSA) is 23.0 Å². The van der Waals surface area contributed by atoms with E-state index in [1.54, 1.807) is 0 Å². The minimum atomic E-state index is 0.898. The zero-order chi connectivity index (χ0) is 29.5. The van der Waals surface area contributed by atoms with E-state index in [9.17, 15) is 0 Å². The third-order valence-electron chi connectivity index (χ3n) is 9.30. The van der Waals surface area contributed by atoms with Crippen molar-refractivity contribution in [2.45, 2.75) is 0 Å². The van der Waals surface area contributed by atoms with Crippen molar-refractivity contribution < 1.29 is 4.42 Å². The van der Waals surface area contributed by atoms with Crippen LogP contribution in [0.5, 0.6) is 0 Å². The number of nitrogens with zero attached hydrogens (tertiary/aromatic N) is 2. The Balaban J connectivity index is 1.31. The van der Waals surface area contributed by atoms with Crippen LogP contribution in [0.1, 0.15) is 0 Å². The molecule has 0 radical (unpaired) electrons. The number of fused-ring (bicyclic) bond motifs is 9. The highest BCUT2D eigenvalue weighted by molar-refractivity contribution is 6.15. The Bertz CT molecular complexity index is 2710. The van der Waals surface area contributed by atoms with Crippen LogP contribution in [0, 0.1) is 0 Å². The number of benzene rings is 7. The second-order valence-electron chi connectivity index (χ2n) is 11.8. The molecule has 0 fully saturated rings. The fourth-order valence-electron chi connectivity index (χ4n) is 7.35. The van der Waals surface area contributed by atoms with Crippen LogP contribution < -0.4 is 0 Å². The van der Waals surface area contributed by atoms with Crippen molar-refractivity contribution in [2.75, 3.05) is 0 Å². The molecule has 10 rings (SSSR count). The third kappa shape index (κ3) is 3.46. The first-order valence-corrected chi connectivity index (χ1v) is 15.4. The summed E-state index contributed by atoms with van der Waals surface area (Å²) < 4.78 is 11.4. The van der Waals surface area contributed by atoms with E-state index in [1.807, 2.05) is 6.07 Å². The molecule has 0 aliphatic heterocycles. The van der Waals surface area contributed by atoms with Crippen LogP contribution >= 0.6 is 0 Å². The SMILES string of the molecule is c1ccc(-n2c3ccccc3c3cc(-c4cc(-n5c6ccccc6c6ccccc65)cc5c4oc4ccccc45)ccc32)cc1. The Kier molecular flexibility index (Phi) is 5.00. The molecule has 45 heavy (non-hydrogen) atoms. The number of furan rings is 1. The monoisotopic (exact) mass is 574 g/mol. The molecule has 0 aliphatic rings. The molecule has 0 spiro atoms. The molecule has 0 bridgehead atoms. The molecule has 3 aromatic heterocycles. The van der Waals surface area contributed by atoms with Gasteiger partial charge in [0.1, 0.15) is 11.2 Å². The van der Waals surface area contributed by atoms with E-state index in [4.69, 9.17) is 4.42 Å². The largest absolute Gasteiger partial charge is 0.455 e. The molecule has 3 heterocycles. The molecule has 3 nitrogen and oxygen atoms in total. The van der Waals surface area contributed by atoms with Gasteiger partial charge < -0.3 is 13.6 Å². The number of hydrogen-bond acceptors (Lipinski definition) is 1.